The van der Waals surface area contributed by atoms with Gasteiger partial charge in [-0.3, -0.25) is 4.98 Å². The number of ether oxygens (including phenoxy) is 2. The molecule has 0 bridgehead atoms. The third-order valence-corrected chi connectivity index (χ3v) is 6.40. The van der Waals surface area contributed by atoms with Crippen LogP contribution in [0, 0.1) is 0 Å². The van der Waals surface area contributed by atoms with E-state index < -0.39 is 0 Å². The van der Waals surface area contributed by atoms with E-state index in [0.29, 0.717) is 17.9 Å². The number of nitrogens with zero attached hydrogens (tertiary/aromatic N) is 1. The molecule has 0 unspecified atom stereocenters. The van der Waals surface area contributed by atoms with E-state index in [9.17, 15) is 4.79 Å². The highest BCUT2D eigenvalue weighted by Crippen LogP contribution is 2.23. The van der Waals surface area contributed by atoms with Gasteiger partial charge in [0.2, 0.25) is 0 Å². The molecular formula is C29H45NO3. The van der Waals surface area contributed by atoms with Crippen LogP contribution in [0.3, 0.4) is 0 Å². The maximum Gasteiger partial charge on any atom is 0.338 e. The second kappa shape index (κ2) is 17.4. The highest BCUT2D eigenvalue weighted by atomic mass is 16.5. The summed E-state index contributed by atoms with van der Waals surface area (Å²) in [5.41, 5.74) is 1.32. The predicted octanol–water partition coefficient (Wildman–Crippen LogP) is 8.66. The monoisotopic (exact) mass is 455 g/mol. The van der Waals surface area contributed by atoms with Gasteiger partial charge in [-0.15, -0.1) is 0 Å². The van der Waals surface area contributed by atoms with Crippen molar-refractivity contribution < 1.29 is 14.3 Å². The molecule has 1 aromatic carbocycles. The van der Waals surface area contributed by atoms with Crippen molar-refractivity contribution in [3.8, 4) is 5.75 Å². The van der Waals surface area contributed by atoms with Gasteiger partial charge in [-0.1, -0.05) is 103 Å². The third kappa shape index (κ3) is 11.0. The second-order valence-electron chi connectivity index (χ2n) is 9.18. The van der Waals surface area contributed by atoms with E-state index in [4.69, 9.17) is 9.47 Å². The first-order chi connectivity index (χ1) is 16.3. The van der Waals surface area contributed by atoms with Crippen molar-refractivity contribution in [2.75, 3.05) is 13.7 Å². The fourth-order valence-corrected chi connectivity index (χ4v) is 4.32. The van der Waals surface area contributed by atoms with Gasteiger partial charge < -0.3 is 9.47 Å². The van der Waals surface area contributed by atoms with Crippen LogP contribution < -0.4 is 4.74 Å². The Morgan fingerprint density at radius 2 is 1.30 bits per heavy atom. The van der Waals surface area contributed by atoms with E-state index in [-0.39, 0.29) is 5.97 Å². The molecule has 0 spiro atoms. The summed E-state index contributed by atoms with van der Waals surface area (Å²) in [6.45, 7) is 2.76. The zero-order valence-electron chi connectivity index (χ0n) is 21.1. The molecule has 0 atom stereocenters. The van der Waals surface area contributed by atoms with Gasteiger partial charge in [-0.05, 0) is 30.7 Å². The summed E-state index contributed by atoms with van der Waals surface area (Å²) in [4.78, 5) is 16.8. The van der Waals surface area contributed by atoms with Crippen LogP contribution in [0.1, 0.15) is 120 Å². The fraction of sp³-hybridized carbons (Fsp3) is 0.655. The van der Waals surface area contributed by atoms with E-state index >= 15 is 0 Å². The van der Waals surface area contributed by atoms with Crippen LogP contribution >= 0.6 is 0 Å². The summed E-state index contributed by atoms with van der Waals surface area (Å²) >= 11 is 0. The van der Waals surface area contributed by atoms with Crippen molar-refractivity contribution in [2.45, 2.75) is 110 Å². The number of fused-ring (bicyclic) bond motifs is 1. The normalized spacial score (nSPS) is 11.1. The molecule has 184 valence electrons. The van der Waals surface area contributed by atoms with Crippen molar-refractivity contribution in [3.05, 3.63) is 36.0 Å². The molecule has 4 heteroatoms. The molecule has 0 radical (unpaired) electrons. The Morgan fingerprint density at radius 1 is 0.758 bits per heavy atom. The molecule has 0 N–H and O–H groups in total. The van der Waals surface area contributed by atoms with Gasteiger partial charge >= 0.3 is 5.97 Å². The van der Waals surface area contributed by atoms with Crippen LogP contribution in [0.5, 0.6) is 5.75 Å². The SMILES string of the molecule is CCCCCCCCCCCCCCCCCCOC(=O)c1ccnc2ccc(OC)cc12. The Morgan fingerprint density at radius 3 is 1.85 bits per heavy atom. The molecule has 0 saturated heterocycles. The Hall–Kier alpha value is -2.10. The minimum absolute atomic E-state index is 0.281. The van der Waals surface area contributed by atoms with Crippen molar-refractivity contribution in [1.82, 2.24) is 4.98 Å². The Balaban J connectivity index is 1.45. The van der Waals surface area contributed by atoms with Crippen molar-refractivity contribution in [2.24, 2.45) is 0 Å². The lowest BCUT2D eigenvalue weighted by molar-refractivity contribution is 0.0500. The molecule has 0 fully saturated rings. The van der Waals surface area contributed by atoms with Gasteiger partial charge in [-0.25, -0.2) is 4.79 Å². The Labute approximate surface area is 201 Å². The summed E-state index contributed by atoms with van der Waals surface area (Å²) in [6.07, 6.45) is 23.0. The molecule has 0 saturated carbocycles. The zero-order valence-corrected chi connectivity index (χ0v) is 21.1. The molecule has 2 rings (SSSR count). The number of rotatable bonds is 19. The topological polar surface area (TPSA) is 48.4 Å². The third-order valence-electron chi connectivity index (χ3n) is 6.40. The lowest BCUT2D eigenvalue weighted by atomic mass is 10.0. The number of benzene rings is 1. The molecular weight excluding hydrogens is 410 g/mol. The molecule has 1 aromatic heterocycles. The molecule has 33 heavy (non-hydrogen) atoms. The van der Waals surface area contributed by atoms with Crippen LogP contribution in [-0.2, 0) is 4.74 Å². The summed E-state index contributed by atoms with van der Waals surface area (Å²) in [7, 11) is 1.62. The van der Waals surface area contributed by atoms with Crippen molar-refractivity contribution in [3.63, 3.8) is 0 Å². The Bertz CT molecular complexity index is 790. The number of carbonyl (C=O) groups excluding carboxylic acids is 1. The van der Waals surface area contributed by atoms with E-state index in [2.05, 4.69) is 11.9 Å². The first-order valence-electron chi connectivity index (χ1n) is 13.4. The molecule has 0 aliphatic rings. The summed E-state index contributed by atoms with van der Waals surface area (Å²) < 4.78 is 10.8. The van der Waals surface area contributed by atoms with Gasteiger partial charge in [0, 0.05) is 11.6 Å². The number of unbranched alkanes of at least 4 members (excludes halogenated alkanes) is 15. The summed E-state index contributed by atoms with van der Waals surface area (Å²) in [5.74, 6) is 0.430. The van der Waals surface area contributed by atoms with Crippen LogP contribution in [-0.4, -0.2) is 24.7 Å². The molecule has 1 heterocycles. The van der Waals surface area contributed by atoms with Gasteiger partial charge in [0.1, 0.15) is 5.75 Å². The van der Waals surface area contributed by atoms with Crippen LogP contribution in [0.25, 0.3) is 10.9 Å². The van der Waals surface area contributed by atoms with Gasteiger partial charge in [0.25, 0.3) is 0 Å². The smallest absolute Gasteiger partial charge is 0.338 e. The maximum atomic E-state index is 12.5. The number of carbonyl (C=O) groups is 1. The minimum atomic E-state index is -0.281. The summed E-state index contributed by atoms with van der Waals surface area (Å²) in [6, 6.07) is 7.27. The van der Waals surface area contributed by atoms with Gasteiger partial charge in [0.15, 0.2) is 0 Å². The van der Waals surface area contributed by atoms with E-state index in [1.54, 1.807) is 19.4 Å². The molecule has 2 aromatic rings. The van der Waals surface area contributed by atoms with E-state index in [1.165, 1.54) is 89.9 Å². The van der Waals surface area contributed by atoms with Crippen LogP contribution in [0.2, 0.25) is 0 Å². The number of pyridine rings is 1. The largest absolute Gasteiger partial charge is 0.497 e. The highest BCUT2D eigenvalue weighted by molar-refractivity contribution is 6.03. The number of hydrogen-bond acceptors (Lipinski definition) is 4. The number of hydrogen-bond donors (Lipinski definition) is 0. The average Bonchev–Trinajstić information content (AvgIpc) is 2.85. The zero-order chi connectivity index (χ0) is 23.6. The lowest BCUT2D eigenvalue weighted by Gasteiger charge is -2.08. The minimum Gasteiger partial charge on any atom is -0.497 e. The molecule has 0 aliphatic heterocycles. The molecule has 4 nitrogen and oxygen atoms in total. The molecule has 0 aliphatic carbocycles. The number of methoxy groups -OCH3 is 1. The number of aromatic nitrogens is 1. The van der Waals surface area contributed by atoms with Crippen molar-refractivity contribution >= 4 is 16.9 Å². The van der Waals surface area contributed by atoms with Gasteiger partial charge in [-0.2, -0.15) is 0 Å². The first kappa shape index (κ1) is 27.1. The fourth-order valence-electron chi connectivity index (χ4n) is 4.32. The average molecular weight is 456 g/mol. The lowest BCUT2D eigenvalue weighted by Crippen LogP contribution is -2.07. The van der Waals surface area contributed by atoms with Crippen LogP contribution in [0.15, 0.2) is 30.5 Å². The maximum absolute atomic E-state index is 12.5. The Kier molecular flexibility index (Phi) is 14.3. The van der Waals surface area contributed by atoms with Gasteiger partial charge in [0.05, 0.1) is 24.8 Å². The second-order valence-corrected chi connectivity index (χ2v) is 9.18. The van der Waals surface area contributed by atoms with Crippen LogP contribution in [0.4, 0.5) is 0 Å². The number of esters is 1. The predicted molar refractivity (Wildman–Crippen MR) is 138 cm³/mol. The quantitative estimate of drug-likeness (QED) is 0.157. The standard InChI is InChI=1S/C29H45NO3/c1-3-4-5-6-7-8-9-10-11-12-13-14-15-16-17-18-23-33-29(31)26-21-22-30-28-20-19-25(32-2)24-27(26)28/h19-22,24H,3-18,23H2,1-2H3. The first-order valence-corrected chi connectivity index (χ1v) is 13.4. The molecule has 0 amide bonds. The van der Waals surface area contributed by atoms with Crippen molar-refractivity contribution in [1.29, 1.82) is 0 Å². The summed E-state index contributed by atoms with van der Waals surface area (Å²) in [5, 5.41) is 0.772. The van der Waals surface area contributed by atoms with E-state index in [1.807, 2.05) is 18.2 Å². The highest BCUT2D eigenvalue weighted by Gasteiger charge is 2.12. The van der Waals surface area contributed by atoms with E-state index in [0.717, 1.165) is 23.7 Å².